The molecular formula is C14H18N2O3S. The molecule has 0 aliphatic heterocycles. The molecule has 2 unspecified atom stereocenters. The highest BCUT2D eigenvalue weighted by Crippen LogP contribution is 2.36. The molecular weight excluding hydrogens is 276 g/mol. The van der Waals surface area contributed by atoms with Gasteiger partial charge in [-0.05, 0) is 39.2 Å². The van der Waals surface area contributed by atoms with Gasteiger partial charge in [0.15, 0.2) is 0 Å². The maximum atomic E-state index is 12.0. The van der Waals surface area contributed by atoms with Gasteiger partial charge >= 0.3 is 0 Å². The number of hydrogen-bond donors (Lipinski definition) is 0. The first-order valence-electron chi connectivity index (χ1n) is 6.53. The van der Waals surface area contributed by atoms with Crippen LogP contribution in [0, 0.1) is 10.1 Å². The van der Waals surface area contributed by atoms with Crippen LogP contribution in [0.3, 0.4) is 0 Å². The van der Waals surface area contributed by atoms with E-state index in [2.05, 4.69) is 4.40 Å². The van der Waals surface area contributed by atoms with E-state index < -0.39 is 15.9 Å². The molecule has 0 saturated heterocycles. The minimum Gasteiger partial charge on any atom is -0.258 e. The van der Waals surface area contributed by atoms with Crippen LogP contribution < -0.4 is 0 Å². The van der Waals surface area contributed by atoms with Crippen LogP contribution >= 0.6 is 0 Å². The van der Waals surface area contributed by atoms with E-state index >= 15 is 0 Å². The summed E-state index contributed by atoms with van der Waals surface area (Å²) in [6.45, 7) is 5.65. The Morgan fingerprint density at radius 3 is 2.60 bits per heavy atom. The van der Waals surface area contributed by atoms with E-state index in [-0.39, 0.29) is 16.4 Å². The SMILES string of the molecule is CC(C)(C)S(=O)N=C1CCC1c1cccc([N+](=O)[O-])c1. The lowest BCUT2D eigenvalue weighted by Gasteiger charge is -2.29. The number of hydrogen-bond acceptors (Lipinski definition) is 3. The Hall–Kier alpha value is -1.56. The molecule has 0 N–H and O–H groups in total. The second kappa shape index (κ2) is 5.44. The van der Waals surface area contributed by atoms with E-state index in [9.17, 15) is 14.3 Å². The Labute approximate surface area is 120 Å². The van der Waals surface area contributed by atoms with Crippen molar-refractivity contribution in [2.75, 3.05) is 0 Å². The molecule has 1 aliphatic carbocycles. The molecule has 0 radical (unpaired) electrons. The zero-order valence-corrected chi connectivity index (χ0v) is 12.6. The highest BCUT2D eigenvalue weighted by atomic mass is 32.2. The van der Waals surface area contributed by atoms with Gasteiger partial charge < -0.3 is 0 Å². The fourth-order valence-corrected chi connectivity index (χ4v) is 2.69. The van der Waals surface area contributed by atoms with E-state index in [1.165, 1.54) is 6.07 Å². The summed E-state index contributed by atoms with van der Waals surface area (Å²) in [4.78, 5) is 10.4. The molecule has 1 aromatic rings. The summed E-state index contributed by atoms with van der Waals surface area (Å²) in [7, 11) is -1.27. The van der Waals surface area contributed by atoms with E-state index in [4.69, 9.17) is 0 Å². The average Bonchev–Trinajstić information content (AvgIpc) is 2.33. The summed E-state index contributed by atoms with van der Waals surface area (Å²) < 4.78 is 16.0. The van der Waals surface area contributed by atoms with Gasteiger partial charge in [-0.15, -0.1) is 0 Å². The van der Waals surface area contributed by atoms with Crippen LogP contribution in [0.2, 0.25) is 0 Å². The number of benzene rings is 1. The van der Waals surface area contributed by atoms with E-state index in [1.807, 2.05) is 26.8 Å². The first-order chi connectivity index (χ1) is 9.29. The average molecular weight is 294 g/mol. The molecule has 108 valence electrons. The van der Waals surface area contributed by atoms with Gasteiger partial charge in [0.1, 0.15) is 11.0 Å². The molecule has 1 aliphatic rings. The quantitative estimate of drug-likeness (QED) is 0.633. The minimum atomic E-state index is -1.27. The van der Waals surface area contributed by atoms with Crippen molar-refractivity contribution in [3.8, 4) is 0 Å². The third-order valence-electron chi connectivity index (χ3n) is 3.30. The molecule has 2 atom stereocenters. The van der Waals surface area contributed by atoms with E-state index in [1.54, 1.807) is 12.1 Å². The fraction of sp³-hybridized carbons (Fsp3) is 0.500. The van der Waals surface area contributed by atoms with Crippen LogP contribution in [0.5, 0.6) is 0 Å². The van der Waals surface area contributed by atoms with Gasteiger partial charge in [0.2, 0.25) is 0 Å². The molecule has 0 aromatic heterocycles. The van der Waals surface area contributed by atoms with Crippen LogP contribution in [0.15, 0.2) is 28.7 Å². The van der Waals surface area contributed by atoms with Crippen LogP contribution in [0.4, 0.5) is 5.69 Å². The lowest BCUT2D eigenvalue weighted by Crippen LogP contribution is -2.28. The second-order valence-corrected chi connectivity index (χ2v) is 7.79. The summed E-state index contributed by atoms with van der Waals surface area (Å²) in [6, 6.07) is 6.61. The van der Waals surface area contributed by atoms with Crippen LogP contribution in [0.25, 0.3) is 0 Å². The van der Waals surface area contributed by atoms with Crippen molar-refractivity contribution >= 4 is 22.4 Å². The number of nitro benzene ring substituents is 1. The van der Waals surface area contributed by atoms with Gasteiger partial charge in [0.25, 0.3) is 5.69 Å². The predicted molar refractivity (Wildman–Crippen MR) is 80.4 cm³/mol. The van der Waals surface area contributed by atoms with Crippen molar-refractivity contribution in [3.63, 3.8) is 0 Å². The molecule has 0 bridgehead atoms. The molecule has 0 heterocycles. The number of rotatable bonds is 3. The van der Waals surface area contributed by atoms with E-state index in [0.717, 1.165) is 24.1 Å². The fourth-order valence-electron chi connectivity index (χ4n) is 1.98. The van der Waals surface area contributed by atoms with Crippen LogP contribution in [-0.4, -0.2) is 19.6 Å². The zero-order chi connectivity index (χ0) is 14.9. The van der Waals surface area contributed by atoms with Crippen molar-refractivity contribution in [1.29, 1.82) is 0 Å². The highest BCUT2D eigenvalue weighted by molar-refractivity contribution is 7.85. The van der Waals surface area contributed by atoms with Gasteiger partial charge in [-0.25, -0.2) is 4.21 Å². The molecule has 1 saturated carbocycles. The zero-order valence-electron chi connectivity index (χ0n) is 11.8. The maximum Gasteiger partial charge on any atom is 0.269 e. The summed E-state index contributed by atoms with van der Waals surface area (Å²) in [6.07, 6.45) is 1.72. The van der Waals surface area contributed by atoms with Gasteiger partial charge in [0, 0.05) is 23.8 Å². The van der Waals surface area contributed by atoms with Gasteiger partial charge in [-0.1, -0.05) is 12.1 Å². The third-order valence-corrected chi connectivity index (χ3v) is 4.75. The van der Waals surface area contributed by atoms with Gasteiger partial charge in [-0.2, -0.15) is 4.40 Å². The smallest absolute Gasteiger partial charge is 0.258 e. The third kappa shape index (κ3) is 3.12. The van der Waals surface area contributed by atoms with Crippen molar-refractivity contribution in [2.24, 2.45) is 4.40 Å². The Morgan fingerprint density at radius 2 is 2.10 bits per heavy atom. The number of non-ortho nitro benzene ring substituents is 1. The normalized spacial score (nSPS) is 22.4. The summed E-state index contributed by atoms with van der Waals surface area (Å²) >= 11 is 0. The Balaban J connectivity index is 2.23. The van der Waals surface area contributed by atoms with Crippen molar-refractivity contribution in [1.82, 2.24) is 0 Å². The second-order valence-electron chi connectivity index (χ2n) is 5.89. The lowest BCUT2D eigenvalue weighted by atomic mass is 9.78. The van der Waals surface area contributed by atoms with E-state index in [0.29, 0.717) is 0 Å². The first-order valence-corrected chi connectivity index (χ1v) is 7.63. The summed E-state index contributed by atoms with van der Waals surface area (Å²) in [5.74, 6) is 0.0706. The first kappa shape index (κ1) is 14.8. The summed E-state index contributed by atoms with van der Waals surface area (Å²) in [5.41, 5.74) is 1.86. The Kier molecular flexibility index (Phi) is 4.04. The molecule has 2 rings (SSSR count). The molecule has 20 heavy (non-hydrogen) atoms. The number of nitrogens with zero attached hydrogens (tertiary/aromatic N) is 2. The summed E-state index contributed by atoms with van der Waals surface area (Å²) in [5, 5.41) is 10.8. The van der Waals surface area contributed by atoms with Gasteiger partial charge in [-0.3, -0.25) is 10.1 Å². The molecule has 0 amide bonds. The molecule has 6 heteroatoms. The minimum absolute atomic E-state index is 0.0706. The number of nitro groups is 1. The monoisotopic (exact) mass is 294 g/mol. The molecule has 1 fully saturated rings. The van der Waals surface area contributed by atoms with Crippen molar-refractivity contribution in [2.45, 2.75) is 44.3 Å². The lowest BCUT2D eigenvalue weighted by molar-refractivity contribution is -0.384. The van der Waals surface area contributed by atoms with Gasteiger partial charge in [0.05, 0.1) is 9.67 Å². The Bertz CT molecular complexity index is 590. The van der Waals surface area contributed by atoms with Crippen LogP contribution in [0.1, 0.15) is 45.1 Å². The van der Waals surface area contributed by atoms with Crippen LogP contribution in [-0.2, 0) is 11.0 Å². The van der Waals surface area contributed by atoms with Crippen molar-refractivity contribution < 1.29 is 9.13 Å². The standard InChI is InChI=1S/C14H18N2O3S/c1-14(2,3)20(19)15-13-8-7-12(13)10-5-4-6-11(9-10)16(17)18/h4-6,9,12H,7-8H2,1-3H3. The highest BCUT2D eigenvalue weighted by Gasteiger charge is 2.31. The predicted octanol–water partition coefficient (Wildman–Crippen LogP) is 3.38. The topological polar surface area (TPSA) is 72.6 Å². The van der Waals surface area contributed by atoms with Crippen molar-refractivity contribution in [3.05, 3.63) is 39.9 Å². The maximum absolute atomic E-state index is 12.0. The molecule has 0 spiro atoms. The molecule has 5 nitrogen and oxygen atoms in total. The Morgan fingerprint density at radius 1 is 1.40 bits per heavy atom. The molecule has 1 aromatic carbocycles. The largest absolute Gasteiger partial charge is 0.269 e.